The van der Waals surface area contributed by atoms with Gasteiger partial charge < -0.3 is 16.2 Å². The number of aliphatic imine (C=N–C) groups is 1. The molecule has 0 aromatic rings. The summed E-state index contributed by atoms with van der Waals surface area (Å²) in [5.41, 5.74) is 13.0. The number of hydrogen-bond acceptors (Lipinski definition) is 5. The van der Waals surface area contributed by atoms with Crippen LogP contribution >= 0.6 is 0 Å². The van der Waals surface area contributed by atoms with E-state index >= 15 is 0 Å². The molecule has 1 saturated carbocycles. The van der Waals surface area contributed by atoms with E-state index in [0.717, 1.165) is 31.3 Å². The molecule has 0 amide bonds. The molecular formula is C19H25FN4O. The van der Waals surface area contributed by atoms with Crippen molar-refractivity contribution in [1.82, 2.24) is 0 Å². The van der Waals surface area contributed by atoms with Crippen molar-refractivity contribution in [2.45, 2.75) is 38.5 Å². The Morgan fingerprint density at radius 1 is 1.48 bits per heavy atom. The fourth-order valence-corrected chi connectivity index (χ4v) is 2.90. The maximum absolute atomic E-state index is 14.8. The highest BCUT2D eigenvalue weighted by atomic mass is 19.1. The van der Waals surface area contributed by atoms with E-state index in [1.54, 1.807) is 12.3 Å². The summed E-state index contributed by atoms with van der Waals surface area (Å²) in [6, 6.07) is 1.91. The third kappa shape index (κ3) is 4.58. The third-order valence-electron chi connectivity index (χ3n) is 4.50. The first-order valence-corrected chi connectivity index (χ1v) is 8.58. The molecule has 2 aliphatic carbocycles. The van der Waals surface area contributed by atoms with Crippen molar-refractivity contribution in [1.29, 1.82) is 5.26 Å². The monoisotopic (exact) mass is 344 g/mol. The standard InChI is InChI=1S/C19H25FN4O/c1-25-19-15(13-5-4-6-13)8-7-14(11-16(19)20)18(17(23)12-22)24-10-3-2-9-21/h7-8,10,13H,2-6,9,11,21,23H2,1H3/b18-17-,24-10-. The predicted molar refractivity (Wildman–Crippen MR) is 96.9 cm³/mol. The van der Waals surface area contributed by atoms with E-state index in [1.165, 1.54) is 7.11 Å². The zero-order valence-electron chi connectivity index (χ0n) is 14.6. The summed E-state index contributed by atoms with van der Waals surface area (Å²) in [6.45, 7) is 0.559. The van der Waals surface area contributed by atoms with E-state index in [-0.39, 0.29) is 17.9 Å². The van der Waals surface area contributed by atoms with Crippen LogP contribution in [0, 0.1) is 17.2 Å². The van der Waals surface area contributed by atoms with Gasteiger partial charge in [-0.15, -0.1) is 0 Å². The fraction of sp³-hybridized carbons (Fsp3) is 0.474. The lowest BCUT2D eigenvalue weighted by molar-refractivity contribution is 0.257. The van der Waals surface area contributed by atoms with Gasteiger partial charge in [0.1, 0.15) is 17.6 Å². The molecule has 0 spiro atoms. The lowest BCUT2D eigenvalue weighted by Crippen LogP contribution is -2.16. The van der Waals surface area contributed by atoms with Crippen molar-refractivity contribution in [3.8, 4) is 6.07 Å². The minimum Gasteiger partial charge on any atom is -0.494 e. The Balaban J connectivity index is 2.37. The first-order chi connectivity index (χ1) is 12.1. The average molecular weight is 344 g/mol. The van der Waals surface area contributed by atoms with Gasteiger partial charge in [-0.05, 0) is 49.3 Å². The zero-order valence-corrected chi connectivity index (χ0v) is 14.6. The molecule has 0 radical (unpaired) electrons. The second kappa shape index (κ2) is 9.19. The first-order valence-electron chi connectivity index (χ1n) is 8.58. The lowest BCUT2D eigenvalue weighted by atomic mass is 9.78. The number of allylic oxidation sites excluding steroid dienone is 6. The second-order valence-corrected chi connectivity index (χ2v) is 6.17. The van der Waals surface area contributed by atoms with Gasteiger partial charge in [-0.3, -0.25) is 4.99 Å². The average Bonchev–Trinajstić information content (AvgIpc) is 2.71. The molecule has 2 rings (SSSR count). The highest BCUT2D eigenvalue weighted by Crippen LogP contribution is 2.41. The minimum absolute atomic E-state index is 0.00182. The van der Waals surface area contributed by atoms with E-state index in [4.69, 9.17) is 21.5 Å². The number of nitrogens with zero attached hydrogens (tertiary/aromatic N) is 2. The van der Waals surface area contributed by atoms with Gasteiger partial charge in [-0.25, -0.2) is 4.39 Å². The SMILES string of the molecule is COC1=C(F)CC(C(/N=C\CCCN)=C(/N)C#N)=CC=C1C1CCC1. The van der Waals surface area contributed by atoms with Crippen LogP contribution < -0.4 is 11.5 Å². The molecule has 0 aliphatic heterocycles. The largest absolute Gasteiger partial charge is 0.494 e. The van der Waals surface area contributed by atoms with Crippen LogP contribution in [-0.2, 0) is 4.74 Å². The number of hydrogen-bond donors (Lipinski definition) is 2. The van der Waals surface area contributed by atoms with Gasteiger partial charge in [-0.2, -0.15) is 5.26 Å². The summed E-state index contributed by atoms with van der Waals surface area (Å²) < 4.78 is 20.1. The maximum Gasteiger partial charge on any atom is 0.154 e. The molecule has 0 aromatic carbocycles. The van der Waals surface area contributed by atoms with Gasteiger partial charge in [0, 0.05) is 12.6 Å². The molecule has 134 valence electrons. The number of rotatable bonds is 7. The third-order valence-corrected chi connectivity index (χ3v) is 4.50. The summed E-state index contributed by atoms with van der Waals surface area (Å²) in [4.78, 5) is 4.31. The van der Waals surface area contributed by atoms with Gasteiger partial charge >= 0.3 is 0 Å². The molecule has 6 heteroatoms. The molecule has 0 saturated heterocycles. The molecule has 2 aliphatic rings. The smallest absolute Gasteiger partial charge is 0.154 e. The van der Waals surface area contributed by atoms with Gasteiger partial charge in [0.25, 0.3) is 0 Å². The Bertz CT molecular complexity index is 691. The van der Waals surface area contributed by atoms with Crippen molar-refractivity contribution in [2.24, 2.45) is 22.4 Å². The Hall–Kier alpha value is -2.39. The van der Waals surface area contributed by atoms with E-state index in [1.807, 2.05) is 12.1 Å². The Morgan fingerprint density at radius 3 is 2.80 bits per heavy atom. The minimum atomic E-state index is -0.357. The van der Waals surface area contributed by atoms with Crippen molar-refractivity contribution >= 4 is 6.21 Å². The molecule has 0 aromatic heterocycles. The Morgan fingerprint density at radius 2 is 2.24 bits per heavy atom. The first kappa shape index (κ1) is 18.9. The summed E-state index contributed by atoms with van der Waals surface area (Å²) in [7, 11) is 1.48. The highest BCUT2D eigenvalue weighted by molar-refractivity contribution is 5.62. The molecule has 0 atom stereocenters. The van der Waals surface area contributed by atoms with Crippen molar-refractivity contribution in [3.63, 3.8) is 0 Å². The van der Waals surface area contributed by atoms with E-state index in [9.17, 15) is 4.39 Å². The number of methoxy groups -OCH3 is 1. The van der Waals surface area contributed by atoms with Crippen LogP contribution in [0.5, 0.6) is 0 Å². The number of ether oxygens (including phenoxy) is 1. The Labute approximate surface area is 148 Å². The normalized spacial score (nSPS) is 19.6. The summed E-state index contributed by atoms with van der Waals surface area (Å²) in [5, 5.41) is 9.16. The number of unbranched alkanes of at least 4 members (excludes halogenated alkanes) is 1. The molecule has 4 N–H and O–H groups in total. The summed E-state index contributed by atoms with van der Waals surface area (Å²) in [5.74, 6) is 0.271. The van der Waals surface area contributed by atoms with Crippen LogP contribution in [0.4, 0.5) is 4.39 Å². The lowest BCUT2D eigenvalue weighted by Gasteiger charge is -2.28. The quantitative estimate of drug-likeness (QED) is 0.420. The summed E-state index contributed by atoms with van der Waals surface area (Å²) >= 11 is 0. The van der Waals surface area contributed by atoms with E-state index in [2.05, 4.69) is 4.99 Å². The number of nitrogens with two attached hydrogens (primary N) is 2. The van der Waals surface area contributed by atoms with E-state index in [0.29, 0.717) is 35.9 Å². The highest BCUT2D eigenvalue weighted by Gasteiger charge is 2.28. The van der Waals surface area contributed by atoms with Crippen molar-refractivity contribution in [3.05, 3.63) is 46.3 Å². The van der Waals surface area contributed by atoms with Crippen molar-refractivity contribution < 1.29 is 9.13 Å². The van der Waals surface area contributed by atoms with Gasteiger partial charge in [0.15, 0.2) is 5.76 Å². The number of nitriles is 1. The molecule has 0 bridgehead atoms. The van der Waals surface area contributed by atoms with Crippen LogP contribution in [0.25, 0.3) is 0 Å². The van der Waals surface area contributed by atoms with Gasteiger partial charge in [0.2, 0.25) is 0 Å². The zero-order chi connectivity index (χ0) is 18.2. The topological polar surface area (TPSA) is 97.4 Å². The Kier molecular flexibility index (Phi) is 6.96. The molecular weight excluding hydrogens is 319 g/mol. The van der Waals surface area contributed by atoms with Crippen LogP contribution in [-0.4, -0.2) is 19.9 Å². The van der Waals surface area contributed by atoms with Crippen LogP contribution in [0.15, 0.2) is 51.3 Å². The summed E-state index contributed by atoms with van der Waals surface area (Å²) in [6.07, 6.45) is 10.0. The van der Waals surface area contributed by atoms with Gasteiger partial charge in [-0.1, -0.05) is 18.6 Å². The molecule has 0 unspecified atom stereocenters. The van der Waals surface area contributed by atoms with Crippen LogP contribution in [0.2, 0.25) is 0 Å². The van der Waals surface area contributed by atoms with Crippen LogP contribution in [0.1, 0.15) is 38.5 Å². The second-order valence-electron chi connectivity index (χ2n) is 6.17. The molecule has 0 heterocycles. The molecule has 5 nitrogen and oxygen atoms in total. The van der Waals surface area contributed by atoms with Crippen LogP contribution in [0.3, 0.4) is 0 Å². The number of halogens is 1. The van der Waals surface area contributed by atoms with Gasteiger partial charge in [0.05, 0.1) is 12.8 Å². The maximum atomic E-state index is 14.8. The van der Waals surface area contributed by atoms with E-state index < -0.39 is 0 Å². The molecule has 25 heavy (non-hydrogen) atoms. The van der Waals surface area contributed by atoms with Crippen molar-refractivity contribution in [2.75, 3.05) is 13.7 Å². The fourth-order valence-electron chi connectivity index (χ4n) is 2.90. The predicted octanol–water partition coefficient (Wildman–Crippen LogP) is 3.37. The molecule has 1 fully saturated rings.